The maximum atomic E-state index is 12.8. The molecule has 0 aliphatic rings. The first kappa shape index (κ1) is 25.0. The summed E-state index contributed by atoms with van der Waals surface area (Å²) >= 11 is 16.5. The number of nitrogens with one attached hydrogen (secondary N) is 1. The first-order valence-corrected chi connectivity index (χ1v) is 14.3. The van der Waals surface area contributed by atoms with Gasteiger partial charge in [-0.25, -0.2) is 18.4 Å². The molecule has 5 rings (SSSR count). The van der Waals surface area contributed by atoms with E-state index < -0.39 is 16.1 Å². The number of thiazole rings is 1. The number of anilines is 1. The Morgan fingerprint density at radius 1 is 0.889 bits per heavy atom. The monoisotopic (exact) mass is 619 g/mol. The molecule has 0 fully saturated rings. The fraction of sp³-hybridized carbons (Fsp3) is 0.0400. The molecule has 1 N–H and O–H groups in total. The van der Waals surface area contributed by atoms with Gasteiger partial charge >= 0.3 is 0 Å². The smallest absolute Gasteiger partial charge is 0.265 e. The molecule has 1 unspecified atom stereocenters. The average Bonchev–Trinajstić information content (AvgIpc) is 3.31. The topological polar surface area (TPSA) is 81.2 Å². The summed E-state index contributed by atoms with van der Waals surface area (Å²) in [5.41, 5.74) is 0.843. The fourth-order valence-electron chi connectivity index (χ4n) is 3.48. The van der Waals surface area contributed by atoms with E-state index in [1.54, 1.807) is 18.3 Å². The summed E-state index contributed by atoms with van der Waals surface area (Å²) in [5, 5.41) is 3.11. The lowest BCUT2D eigenvalue weighted by Crippen LogP contribution is -2.12. The standard InChI is InChI=1S/C25H16BrCl2N3O3S2/c26-18-5-1-17-12-20(8-4-16(17)11-18)34-24(15-2-6-19(27)7-3-15)22-14-30-25(35-22)31-36(32,33)21-9-10-23(28)29-13-21/h1-14,24H,(H,30,31). The Balaban J connectivity index is 1.46. The number of benzene rings is 3. The van der Waals surface area contributed by atoms with Crippen LogP contribution in [0.4, 0.5) is 5.13 Å². The zero-order valence-corrected chi connectivity index (χ0v) is 23.0. The predicted molar refractivity (Wildman–Crippen MR) is 148 cm³/mol. The van der Waals surface area contributed by atoms with Crippen LogP contribution in [-0.4, -0.2) is 18.4 Å². The molecule has 11 heteroatoms. The van der Waals surface area contributed by atoms with Crippen LogP contribution in [0.25, 0.3) is 10.8 Å². The number of halogens is 3. The highest BCUT2D eigenvalue weighted by Gasteiger charge is 2.22. The van der Waals surface area contributed by atoms with Gasteiger partial charge in [-0.15, -0.1) is 0 Å². The maximum Gasteiger partial charge on any atom is 0.265 e. The van der Waals surface area contributed by atoms with E-state index in [4.69, 9.17) is 27.9 Å². The molecular weight excluding hydrogens is 605 g/mol. The Bertz CT molecular complexity index is 1640. The van der Waals surface area contributed by atoms with E-state index >= 15 is 0 Å². The van der Waals surface area contributed by atoms with Crippen LogP contribution in [-0.2, 0) is 10.0 Å². The second-order valence-electron chi connectivity index (χ2n) is 7.69. The number of rotatable bonds is 7. The van der Waals surface area contributed by atoms with Gasteiger partial charge in [0, 0.05) is 21.9 Å². The van der Waals surface area contributed by atoms with Crippen LogP contribution in [0.1, 0.15) is 16.5 Å². The van der Waals surface area contributed by atoms with E-state index in [-0.39, 0.29) is 15.2 Å². The van der Waals surface area contributed by atoms with Crippen LogP contribution in [0.2, 0.25) is 10.2 Å². The summed E-state index contributed by atoms with van der Waals surface area (Å²) in [4.78, 5) is 8.81. The molecular formula is C25H16BrCl2N3O3S2. The van der Waals surface area contributed by atoms with Gasteiger partial charge < -0.3 is 4.74 Å². The van der Waals surface area contributed by atoms with Crippen molar-refractivity contribution in [2.75, 3.05) is 4.72 Å². The number of pyridine rings is 1. The first-order chi connectivity index (χ1) is 17.3. The molecule has 0 aliphatic heterocycles. The molecule has 3 aromatic carbocycles. The highest BCUT2D eigenvalue weighted by Crippen LogP contribution is 2.36. The van der Waals surface area contributed by atoms with Crippen LogP contribution >= 0.6 is 50.5 Å². The molecule has 1 atom stereocenters. The van der Waals surface area contributed by atoms with Crippen molar-refractivity contribution in [1.29, 1.82) is 0 Å². The highest BCUT2D eigenvalue weighted by molar-refractivity contribution is 9.10. The maximum absolute atomic E-state index is 12.8. The lowest BCUT2D eigenvalue weighted by molar-refractivity contribution is 0.251. The number of aromatic nitrogens is 2. The van der Waals surface area contributed by atoms with Crippen molar-refractivity contribution in [1.82, 2.24) is 9.97 Å². The summed E-state index contributed by atoms with van der Waals surface area (Å²) in [6.07, 6.45) is 2.25. The van der Waals surface area contributed by atoms with E-state index in [1.165, 1.54) is 29.7 Å². The predicted octanol–water partition coefficient (Wildman–Crippen LogP) is 7.73. The molecule has 0 amide bonds. The van der Waals surface area contributed by atoms with E-state index in [2.05, 4.69) is 30.6 Å². The van der Waals surface area contributed by atoms with Crippen molar-refractivity contribution in [2.45, 2.75) is 11.0 Å². The van der Waals surface area contributed by atoms with Crippen molar-refractivity contribution in [3.05, 3.63) is 110 Å². The van der Waals surface area contributed by atoms with Crippen molar-refractivity contribution in [3.8, 4) is 5.75 Å². The molecule has 0 saturated carbocycles. The van der Waals surface area contributed by atoms with Crippen LogP contribution in [0.5, 0.6) is 5.75 Å². The summed E-state index contributed by atoms with van der Waals surface area (Å²) in [7, 11) is -3.88. The second-order valence-corrected chi connectivity index (χ2v) is 12.2. The quantitative estimate of drug-likeness (QED) is 0.188. The van der Waals surface area contributed by atoms with Crippen molar-refractivity contribution < 1.29 is 13.2 Å². The van der Waals surface area contributed by atoms with Gasteiger partial charge in [-0.2, -0.15) is 0 Å². The van der Waals surface area contributed by atoms with Gasteiger partial charge in [0.05, 0.1) is 4.88 Å². The zero-order valence-electron chi connectivity index (χ0n) is 18.2. The summed E-state index contributed by atoms with van der Waals surface area (Å²) < 4.78 is 35.4. The third-order valence-electron chi connectivity index (χ3n) is 5.21. The number of hydrogen-bond acceptors (Lipinski definition) is 6. The molecule has 0 aliphatic carbocycles. The third kappa shape index (κ3) is 5.66. The van der Waals surface area contributed by atoms with Gasteiger partial charge in [-0.1, -0.05) is 74.7 Å². The number of ether oxygens (including phenoxy) is 1. The van der Waals surface area contributed by atoms with Crippen LogP contribution in [0.15, 0.2) is 94.6 Å². The summed E-state index contributed by atoms with van der Waals surface area (Å²) in [6, 6.07) is 22.0. The van der Waals surface area contributed by atoms with Gasteiger partial charge in [0.1, 0.15) is 15.8 Å². The highest BCUT2D eigenvalue weighted by atomic mass is 79.9. The molecule has 182 valence electrons. The molecule has 2 heterocycles. The summed E-state index contributed by atoms with van der Waals surface area (Å²) in [6.45, 7) is 0. The number of fused-ring (bicyclic) bond motifs is 1. The van der Waals surface area contributed by atoms with Crippen LogP contribution in [0, 0.1) is 0 Å². The van der Waals surface area contributed by atoms with Crippen LogP contribution in [0.3, 0.4) is 0 Å². The Kier molecular flexibility index (Phi) is 7.18. The molecule has 0 radical (unpaired) electrons. The normalized spacial score (nSPS) is 12.4. The number of sulfonamides is 1. The lowest BCUT2D eigenvalue weighted by Gasteiger charge is -2.19. The van der Waals surface area contributed by atoms with Crippen molar-refractivity contribution >= 4 is 76.4 Å². The Labute approximate surface area is 230 Å². The van der Waals surface area contributed by atoms with E-state index in [0.29, 0.717) is 15.6 Å². The molecule has 2 aromatic heterocycles. The van der Waals surface area contributed by atoms with Gasteiger partial charge in [0.25, 0.3) is 10.0 Å². The third-order valence-corrected chi connectivity index (χ3v) is 8.59. The lowest BCUT2D eigenvalue weighted by atomic mass is 10.1. The molecule has 0 bridgehead atoms. The Morgan fingerprint density at radius 3 is 2.39 bits per heavy atom. The van der Waals surface area contributed by atoms with Crippen molar-refractivity contribution in [2.24, 2.45) is 0 Å². The molecule has 5 aromatic rings. The van der Waals surface area contributed by atoms with Gasteiger partial charge in [-0.3, -0.25) is 4.72 Å². The average molecular weight is 621 g/mol. The van der Waals surface area contributed by atoms with Crippen molar-refractivity contribution in [3.63, 3.8) is 0 Å². The SMILES string of the molecule is O=S(=O)(Nc1ncc(C(Oc2ccc3cc(Br)ccc3c2)c2ccc(Cl)cc2)s1)c1ccc(Cl)nc1. The molecule has 0 spiro atoms. The van der Waals surface area contributed by atoms with E-state index in [1.807, 2.05) is 48.5 Å². The van der Waals surface area contributed by atoms with Crippen LogP contribution < -0.4 is 9.46 Å². The van der Waals surface area contributed by atoms with Gasteiger partial charge in [-0.05, 0) is 64.9 Å². The first-order valence-electron chi connectivity index (χ1n) is 10.5. The molecule has 6 nitrogen and oxygen atoms in total. The van der Waals surface area contributed by atoms with Gasteiger partial charge in [0.2, 0.25) is 0 Å². The minimum atomic E-state index is -3.88. The van der Waals surface area contributed by atoms with E-state index in [0.717, 1.165) is 20.8 Å². The fourth-order valence-corrected chi connectivity index (χ4v) is 6.16. The Morgan fingerprint density at radius 2 is 1.64 bits per heavy atom. The van der Waals surface area contributed by atoms with Gasteiger partial charge in [0.15, 0.2) is 11.2 Å². The van der Waals surface area contributed by atoms with E-state index in [9.17, 15) is 8.42 Å². The zero-order chi connectivity index (χ0) is 25.3. The summed E-state index contributed by atoms with van der Waals surface area (Å²) in [5.74, 6) is 0.660. The minimum absolute atomic E-state index is 0.0167. The Hall–Kier alpha value is -2.69. The minimum Gasteiger partial charge on any atom is -0.480 e. The second kappa shape index (κ2) is 10.4. The largest absolute Gasteiger partial charge is 0.480 e. The molecule has 36 heavy (non-hydrogen) atoms. The number of hydrogen-bond donors (Lipinski definition) is 1. The number of nitrogens with zero attached hydrogens (tertiary/aromatic N) is 2. The molecule has 0 saturated heterocycles.